The van der Waals surface area contributed by atoms with Gasteiger partial charge in [-0.1, -0.05) is 11.6 Å². The van der Waals surface area contributed by atoms with Crippen molar-refractivity contribution in [3.05, 3.63) is 40.9 Å². The predicted octanol–water partition coefficient (Wildman–Crippen LogP) is 2.82. The number of methoxy groups -OCH3 is 1. The molecule has 0 unspecified atom stereocenters. The molecule has 2 aromatic heterocycles. The van der Waals surface area contributed by atoms with Crippen molar-refractivity contribution in [3.63, 3.8) is 0 Å². The number of nitrogens with zero attached hydrogens (tertiary/aromatic N) is 2. The molecule has 1 N–H and O–H groups in total. The van der Waals surface area contributed by atoms with Crippen LogP contribution in [0.2, 0.25) is 5.15 Å². The van der Waals surface area contributed by atoms with Crippen LogP contribution in [-0.4, -0.2) is 33.8 Å². The minimum atomic E-state index is -1.27. The van der Waals surface area contributed by atoms with E-state index in [-0.39, 0.29) is 10.8 Å². The third-order valence-electron chi connectivity index (χ3n) is 2.80. The Balaban J connectivity index is 2.61. The molecular weight excluding hydrogens is 284 g/mol. The fourth-order valence-corrected chi connectivity index (χ4v) is 2.00. The third kappa shape index (κ3) is 2.50. The predicted molar refractivity (Wildman–Crippen MR) is 72.2 cm³/mol. The molecule has 2 heterocycles. The highest BCUT2D eigenvalue weighted by Crippen LogP contribution is 2.27. The van der Waals surface area contributed by atoms with Gasteiger partial charge < -0.3 is 9.84 Å². The average Bonchev–Trinajstić information content (AvgIpc) is 2.85. The first-order chi connectivity index (χ1) is 9.43. The zero-order valence-electron chi connectivity index (χ0n) is 10.8. The largest absolute Gasteiger partial charge is 0.464 e. The van der Waals surface area contributed by atoms with E-state index in [4.69, 9.17) is 16.7 Å². The van der Waals surface area contributed by atoms with E-state index in [1.54, 1.807) is 12.3 Å². The molecule has 104 valence electrons. The van der Waals surface area contributed by atoms with Gasteiger partial charge in [0, 0.05) is 18.0 Å². The van der Waals surface area contributed by atoms with Crippen molar-refractivity contribution in [3.8, 4) is 11.1 Å². The zero-order valence-corrected chi connectivity index (χ0v) is 11.5. The van der Waals surface area contributed by atoms with Crippen LogP contribution in [0.15, 0.2) is 24.5 Å². The topological polar surface area (TPSA) is 81.4 Å². The van der Waals surface area contributed by atoms with Crippen LogP contribution in [0.5, 0.6) is 0 Å². The molecule has 0 radical (unpaired) electrons. The van der Waals surface area contributed by atoms with Gasteiger partial charge in [-0.25, -0.2) is 19.1 Å². The maximum absolute atomic E-state index is 11.6. The van der Waals surface area contributed by atoms with E-state index >= 15 is 0 Å². The summed E-state index contributed by atoms with van der Waals surface area (Å²) in [4.78, 5) is 26.7. The van der Waals surface area contributed by atoms with Gasteiger partial charge >= 0.3 is 12.1 Å². The van der Waals surface area contributed by atoms with Crippen LogP contribution in [-0.2, 0) is 4.74 Å². The Morgan fingerprint density at radius 2 is 2.10 bits per heavy atom. The monoisotopic (exact) mass is 294 g/mol. The van der Waals surface area contributed by atoms with Crippen molar-refractivity contribution in [1.82, 2.24) is 9.55 Å². The Bertz CT molecular complexity index is 694. The summed E-state index contributed by atoms with van der Waals surface area (Å²) in [5.41, 5.74) is 2.00. The van der Waals surface area contributed by atoms with Gasteiger partial charge in [-0.05, 0) is 30.2 Å². The first-order valence-corrected chi connectivity index (χ1v) is 5.98. The van der Waals surface area contributed by atoms with E-state index in [2.05, 4.69) is 9.72 Å². The Labute approximate surface area is 119 Å². The first kappa shape index (κ1) is 14.1. The van der Waals surface area contributed by atoms with Crippen molar-refractivity contribution >= 4 is 23.7 Å². The first-order valence-electron chi connectivity index (χ1n) is 5.60. The summed E-state index contributed by atoms with van der Waals surface area (Å²) in [5, 5.41) is 9.40. The lowest BCUT2D eigenvalue weighted by Gasteiger charge is -2.02. The number of halogens is 1. The third-order valence-corrected chi connectivity index (χ3v) is 3.01. The van der Waals surface area contributed by atoms with Crippen LogP contribution in [0.1, 0.15) is 16.1 Å². The number of carboxylic acid groups (broad SMARTS) is 1. The number of esters is 1. The molecule has 0 saturated carbocycles. The molecule has 6 nitrogen and oxygen atoms in total. The molecule has 7 heteroatoms. The lowest BCUT2D eigenvalue weighted by Crippen LogP contribution is -2.15. The maximum Gasteiger partial charge on any atom is 0.416 e. The Kier molecular flexibility index (Phi) is 3.76. The van der Waals surface area contributed by atoms with Crippen LogP contribution < -0.4 is 0 Å². The smallest absolute Gasteiger partial charge is 0.416 e. The van der Waals surface area contributed by atoms with E-state index in [1.165, 1.54) is 19.4 Å². The summed E-state index contributed by atoms with van der Waals surface area (Å²) in [5.74, 6) is -0.726. The minimum absolute atomic E-state index is 0.0673. The molecule has 0 aliphatic carbocycles. The summed E-state index contributed by atoms with van der Waals surface area (Å²) in [6.45, 7) is 1.81. The molecule has 0 fully saturated rings. The molecule has 0 spiro atoms. The van der Waals surface area contributed by atoms with Crippen LogP contribution in [0.4, 0.5) is 4.79 Å². The number of aromatic nitrogens is 2. The van der Waals surface area contributed by atoms with Gasteiger partial charge in [0.25, 0.3) is 0 Å². The van der Waals surface area contributed by atoms with Crippen molar-refractivity contribution in [2.75, 3.05) is 7.11 Å². The standard InChI is InChI=1S/C13H11ClN2O4/c1-7-5-15-11(14)4-9(7)8-3-10(12(17)20-2)16(6-8)13(18)19/h3-6H,1-2H3,(H,18,19). The summed E-state index contributed by atoms with van der Waals surface area (Å²) in [6.07, 6.45) is 1.65. The number of aryl methyl sites for hydroxylation is 1. The number of hydrogen-bond acceptors (Lipinski definition) is 4. The van der Waals surface area contributed by atoms with E-state index in [9.17, 15) is 9.59 Å². The number of ether oxygens (including phenoxy) is 1. The summed E-state index contributed by atoms with van der Waals surface area (Å²) < 4.78 is 5.38. The molecule has 0 aliphatic heterocycles. The van der Waals surface area contributed by atoms with Gasteiger partial charge in [0.15, 0.2) is 0 Å². The van der Waals surface area contributed by atoms with Crippen molar-refractivity contribution < 1.29 is 19.4 Å². The summed E-state index contributed by atoms with van der Waals surface area (Å²) >= 11 is 5.84. The molecule has 0 saturated heterocycles. The molecule has 2 rings (SSSR count). The summed E-state index contributed by atoms with van der Waals surface area (Å²) in [6, 6.07) is 3.05. The fourth-order valence-electron chi connectivity index (χ4n) is 1.84. The highest BCUT2D eigenvalue weighted by atomic mass is 35.5. The quantitative estimate of drug-likeness (QED) is 0.680. The number of rotatable bonds is 2. The van der Waals surface area contributed by atoms with Gasteiger partial charge in [-0.15, -0.1) is 0 Å². The van der Waals surface area contributed by atoms with Gasteiger partial charge in [-0.2, -0.15) is 0 Å². The molecule has 20 heavy (non-hydrogen) atoms. The molecule has 0 atom stereocenters. The van der Waals surface area contributed by atoms with Gasteiger partial charge in [0.05, 0.1) is 7.11 Å². The van der Waals surface area contributed by atoms with Gasteiger partial charge in [0.1, 0.15) is 10.8 Å². The summed E-state index contributed by atoms with van der Waals surface area (Å²) in [7, 11) is 1.19. The Hall–Kier alpha value is -2.34. The normalized spacial score (nSPS) is 10.3. The molecule has 0 amide bonds. The lowest BCUT2D eigenvalue weighted by atomic mass is 10.1. The fraction of sp³-hybridized carbons (Fsp3) is 0.154. The van der Waals surface area contributed by atoms with E-state index in [1.807, 2.05) is 6.92 Å². The second-order valence-corrected chi connectivity index (χ2v) is 4.47. The van der Waals surface area contributed by atoms with Crippen LogP contribution in [0.25, 0.3) is 11.1 Å². The number of hydrogen-bond donors (Lipinski definition) is 1. The molecular formula is C13H11ClN2O4. The minimum Gasteiger partial charge on any atom is -0.464 e. The van der Waals surface area contributed by atoms with Crippen LogP contribution in [0.3, 0.4) is 0 Å². The number of pyridine rings is 1. The molecule has 0 bridgehead atoms. The molecule has 2 aromatic rings. The number of carbonyl (C=O) groups is 2. The van der Waals surface area contributed by atoms with E-state index in [0.29, 0.717) is 11.1 Å². The van der Waals surface area contributed by atoms with Crippen molar-refractivity contribution in [1.29, 1.82) is 0 Å². The Morgan fingerprint density at radius 3 is 2.70 bits per heavy atom. The lowest BCUT2D eigenvalue weighted by molar-refractivity contribution is 0.0588. The van der Waals surface area contributed by atoms with Crippen molar-refractivity contribution in [2.24, 2.45) is 0 Å². The van der Waals surface area contributed by atoms with Crippen molar-refractivity contribution in [2.45, 2.75) is 6.92 Å². The van der Waals surface area contributed by atoms with E-state index < -0.39 is 12.1 Å². The highest BCUT2D eigenvalue weighted by Gasteiger charge is 2.19. The van der Waals surface area contributed by atoms with Crippen LogP contribution in [0, 0.1) is 6.92 Å². The highest BCUT2D eigenvalue weighted by molar-refractivity contribution is 6.29. The Morgan fingerprint density at radius 1 is 1.40 bits per heavy atom. The molecule has 0 aromatic carbocycles. The zero-order chi connectivity index (χ0) is 14.9. The van der Waals surface area contributed by atoms with Crippen LogP contribution >= 0.6 is 11.6 Å². The maximum atomic E-state index is 11.6. The van der Waals surface area contributed by atoms with Gasteiger partial charge in [0.2, 0.25) is 0 Å². The SMILES string of the molecule is COC(=O)c1cc(-c2cc(Cl)ncc2C)cn1C(=O)O. The van der Waals surface area contributed by atoms with E-state index in [0.717, 1.165) is 10.1 Å². The average molecular weight is 295 g/mol. The van der Waals surface area contributed by atoms with Gasteiger partial charge in [-0.3, -0.25) is 0 Å². The molecule has 0 aliphatic rings. The second-order valence-electron chi connectivity index (χ2n) is 4.08. The second kappa shape index (κ2) is 5.34. The number of carbonyl (C=O) groups excluding carboxylic acids is 1.